The molecule has 1 amide bonds. The number of amides is 1. The van der Waals surface area contributed by atoms with Crippen molar-refractivity contribution in [3.05, 3.63) is 120 Å². The Morgan fingerprint density at radius 2 is 1.68 bits per heavy atom. The van der Waals surface area contributed by atoms with Gasteiger partial charge in [-0.25, -0.2) is 4.39 Å². The van der Waals surface area contributed by atoms with E-state index in [4.69, 9.17) is 0 Å². The van der Waals surface area contributed by atoms with Gasteiger partial charge in [-0.1, -0.05) is 66.7 Å². The van der Waals surface area contributed by atoms with Gasteiger partial charge in [0.2, 0.25) is 5.91 Å². The van der Waals surface area contributed by atoms with Crippen molar-refractivity contribution >= 4 is 17.4 Å². The number of ketones is 1. The van der Waals surface area contributed by atoms with Crippen LogP contribution in [0.1, 0.15) is 34.5 Å². The zero-order chi connectivity index (χ0) is 27.9. The highest BCUT2D eigenvalue weighted by Gasteiger charge is 2.30. The number of hydrogen-bond acceptors (Lipinski definition) is 5. The molecule has 1 fully saturated rings. The fraction of sp³-hybridized carbons (Fsp3) is 0.242. The van der Waals surface area contributed by atoms with E-state index >= 15 is 4.39 Å². The molecule has 2 heterocycles. The van der Waals surface area contributed by atoms with Crippen LogP contribution in [0.25, 0.3) is 11.1 Å². The Hall–Kier alpha value is -4.36. The molecule has 3 aromatic carbocycles. The Bertz CT molecular complexity index is 1450. The van der Waals surface area contributed by atoms with Crippen LogP contribution in [0.3, 0.4) is 0 Å². The van der Waals surface area contributed by atoms with Crippen molar-refractivity contribution in [2.24, 2.45) is 0 Å². The van der Waals surface area contributed by atoms with Crippen LogP contribution < -0.4 is 10.2 Å². The van der Waals surface area contributed by atoms with Crippen molar-refractivity contribution in [3.63, 3.8) is 0 Å². The van der Waals surface area contributed by atoms with Crippen LogP contribution in [0, 0.1) is 5.82 Å². The van der Waals surface area contributed by atoms with Crippen LogP contribution in [0.5, 0.6) is 0 Å². The van der Waals surface area contributed by atoms with Crippen molar-refractivity contribution in [2.75, 3.05) is 37.6 Å². The smallest absolute Gasteiger partial charge is 0.241 e. The van der Waals surface area contributed by atoms with Gasteiger partial charge in [0.05, 0.1) is 5.69 Å². The number of carbonyl (C=O) groups excluding carboxylic acids is 2. The molecule has 1 aliphatic rings. The summed E-state index contributed by atoms with van der Waals surface area (Å²) in [5, 5.41) is 2.95. The first kappa shape index (κ1) is 27.2. The van der Waals surface area contributed by atoms with E-state index in [1.54, 1.807) is 24.5 Å². The summed E-state index contributed by atoms with van der Waals surface area (Å²) in [6.45, 7) is 4.92. The third kappa shape index (κ3) is 6.10. The summed E-state index contributed by atoms with van der Waals surface area (Å²) in [5.74, 6) is -0.437. The summed E-state index contributed by atoms with van der Waals surface area (Å²) < 4.78 is 15.3. The number of piperazine rings is 1. The molecule has 204 valence electrons. The quantitative estimate of drug-likeness (QED) is 0.294. The summed E-state index contributed by atoms with van der Waals surface area (Å²) >= 11 is 0. The van der Waals surface area contributed by atoms with Crippen molar-refractivity contribution in [3.8, 4) is 11.1 Å². The van der Waals surface area contributed by atoms with E-state index in [9.17, 15) is 9.59 Å². The maximum Gasteiger partial charge on any atom is 0.241 e. The highest BCUT2D eigenvalue weighted by atomic mass is 19.1. The van der Waals surface area contributed by atoms with E-state index in [0.717, 1.165) is 16.7 Å². The molecule has 7 heteroatoms. The number of aromatic nitrogens is 1. The lowest BCUT2D eigenvalue weighted by molar-refractivity contribution is -0.126. The van der Waals surface area contributed by atoms with Gasteiger partial charge in [0.1, 0.15) is 11.9 Å². The monoisotopic (exact) mass is 536 g/mol. The van der Waals surface area contributed by atoms with Crippen molar-refractivity contribution in [1.29, 1.82) is 0 Å². The maximum atomic E-state index is 15.3. The Morgan fingerprint density at radius 1 is 0.925 bits per heavy atom. The molecule has 1 N–H and O–H groups in total. The topological polar surface area (TPSA) is 65.5 Å². The van der Waals surface area contributed by atoms with Gasteiger partial charge in [0.25, 0.3) is 0 Å². The largest absolute Gasteiger partial charge is 0.367 e. The van der Waals surface area contributed by atoms with Crippen LogP contribution >= 0.6 is 0 Å². The molecule has 0 aliphatic carbocycles. The number of Topliss-reactive ketones (excluding diaryl/α,β-unsaturated/α-hetero) is 1. The third-order valence-corrected chi connectivity index (χ3v) is 7.31. The second kappa shape index (κ2) is 12.7. The number of pyridine rings is 1. The summed E-state index contributed by atoms with van der Waals surface area (Å²) in [7, 11) is 0. The van der Waals surface area contributed by atoms with Gasteiger partial charge < -0.3 is 10.2 Å². The molecule has 40 heavy (non-hydrogen) atoms. The van der Waals surface area contributed by atoms with Gasteiger partial charge in [-0.15, -0.1) is 0 Å². The number of halogens is 1. The number of rotatable bonds is 9. The minimum Gasteiger partial charge on any atom is -0.367 e. The SMILES string of the molecule is CCNC(=O)C(c1ccccc1)N1CCN(c2ccc(CC(=O)c3ccccc3-c3cccnc3)cc2F)CC1. The first-order valence-corrected chi connectivity index (χ1v) is 13.7. The molecule has 1 aliphatic heterocycles. The maximum absolute atomic E-state index is 15.3. The first-order valence-electron chi connectivity index (χ1n) is 13.7. The number of nitrogens with zero attached hydrogens (tertiary/aromatic N) is 3. The zero-order valence-electron chi connectivity index (χ0n) is 22.6. The number of hydrogen-bond donors (Lipinski definition) is 1. The van der Waals surface area contributed by atoms with E-state index < -0.39 is 0 Å². The Morgan fingerprint density at radius 3 is 2.38 bits per heavy atom. The van der Waals surface area contributed by atoms with Crippen LogP contribution in [0.2, 0.25) is 0 Å². The Balaban J connectivity index is 1.26. The lowest BCUT2D eigenvalue weighted by atomic mass is 9.95. The number of nitrogens with one attached hydrogen (secondary N) is 1. The molecule has 6 nitrogen and oxygen atoms in total. The molecular weight excluding hydrogens is 503 g/mol. The lowest BCUT2D eigenvalue weighted by Crippen LogP contribution is -2.51. The number of carbonyl (C=O) groups is 2. The predicted octanol–water partition coefficient (Wildman–Crippen LogP) is 5.31. The van der Waals surface area contributed by atoms with E-state index in [-0.39, 0.29) is 30.0 Å². The molecule has 0 saturated carbocycles. The van der Waals surface area contributed by atoms with Gasteiger partial charge in [-0.05, 0) is 41.8 Å². The van der Waals surface area contributed by atoms with E-state index in [0.29, 0.717) is 49.5 Å². The normalized spacial score (nSPS) is 14.5. The van der Waals surface area contributed by atoms with Crippen molar-refractivity contribution in [1.82, 2.24) is 15.2 Å². The molecule has 5 rings (SSSR count). The highest BCUT2D eigenvalue weighted by molar-refractivity contribution is 6.03. The molecule has 4 aromatic rings. The molecule has 0 bridgehead atoms. The third-order valence-electron chi connectivity index (χ3n) is 7.31. The average Bonchev–Trinajstić information content (AvgIpc) is 2.99. The lowest BCUT2D eigenvalue weighted by Gasteiger charge is -2.39. The minimum absolute atomic E-state index is 0.0209. The summed E-state index contributed by atoms with van der Waals surface area (Å²) in [6, 6.07) is 25.7. The van der Waals surface area contributed by atoms with Gasteiger partial charge in [-0.2, -0.15) is 0 Å². The summed E-state index contributed by atoms with van der Waals surface area (Å²) in [5.41, 5.74) is 4.38. The van der Waals surface area contributed by atoms with Crippen molar-refractivity contribution < 1.29 is 14.0 Å². The Labute approximate surface area is 234 Å². The predicted molar refractivity (Wildman–Crippen MR) is 156 cm³/mol. The summed E-state index contributed by atoms with van der Waals surface area (Å²) in [4.78, 5) is 34.5. The van der Waals surface area contributed by atoms with Crippen LogP contribution in [0.4, 0.5) is 10.1 Å². The number of anilines is 1. The van der Waals surface area contributed by atoms with Gasteiger partial charge in [0.15, 0.2) is 5.78 Å². The van der Waals surface area contributed by atoms with Crippen LogP contribution in [-0.4, -0.2) is 54.3 Å². The minimum atomic E-state index is -0.379. The van der Waals surface area contributed by atoms with Crippen LogP contribution in [-0.2, 0) is 11.2 Å². The second-order valence-electron chi connectivity index (χ2n) is 9.90. The first-order chi connectivity index (χ1) is 19.5. The highest BCUT2D eigenvalue weighted by Crippen LogP contribution is 2.28. The molecule has 1 atom stereocenters. The second-order valence-corrected chi connectivity index (χ2v) is 9.90. The van der Waals surface area contributed by atoms with E-state index in [2.05, 4.69) is 15.2 Å². The van der Waals surface area contributed by atoms with E-state index in [1.165, 1.54) is 6.07 Å². The molecule has 0 radical (unpaired) electrons. The van der Waals surface area contributed by atoms with Gasteiger partial charge in [-0.3, -0.25) is 19.5 Å². The van der Waals surface area contributed by atoms with Crippen LogP contribution in [0.15, 0.2) is 97.3 Å². The molecule has 1 aromatic heterocycles. The van der Waals surface area contributed by atoms with Gasteiger partial charge >= 0.3 is 0 Å². The Kier molecular flexibility index (Phi) is 8.62. The zero-order valence-corrected chi connectivity index (χ0v) is 22.6. The molecule has 1 unspecified atom stereocenters. The fourth-order valence-electron chi connectivity index (χ4n) is 5.35. The molecule has 1 saturated heterocycles. The van der Waals surface area contributed by atoms with Crippen molar-refractivity contribution in [2.45, 2.75) is 19.4 Å². The fourth-order valence-corrected chi connectivity index (χ4v) is 5.35. The number of likely N-dealkylation sites (N-methyl/N-ethyl adjacent to an activating group) is 1. The number of benzene rings is 3. The average molecular weight is 537 g/mol. The van der Waals surface area contributed by atoms with E-state index in [1.807, 2.05) is 78.6 Å². The van der Waals surface area contributed by atoms with Gasteiger partial charge in [0, 0.05) is 62.7 Å². The molecule has 0 spiro atoms. The standard InChI is InChI=1S/C33H33FN4O2/c1-2-36-33(40)32(25-9-4-3-5-10-25)38-19-17-37(18-20-38)30-15-14-24(21-29(30)34)22-31(39)28-13-7-6-12-27(28)26-11-8-16-35-23-26/h3-16,21,23,32H,2,17-20,22H2,1H3,(H,36,40). The molecular formula is C33H33FN4O2. The summed E-state index contributed by atoms with van der Waals surface area (Å²) in [6.07, 6.45) is 3.54.